The molecule has 1 aliphatic rings. The molecule has 4 nitrogen and oxygen atoms in total. The van der Waals surface area contributed by atoms with Crippen molar-refractivity contribution in [3.63, 3.8) is 0 Å². The van der Waals surface area contributed by atoms with Crippen LogP contribution < -0.4 is 5.32 Å². The van der Waals surface area contributed by atoms with Gasteiger partial charge in [-0.05, 0) is 50.9 Å². The van der Waals surface area contributed by atoms with Gasteiger partial charge in [0.25, 0.3) is 0 Å². The van der Waals surface area contributed by atoms with E-state index in [4.69, 9.17) is 0 Å². The van der Waals surface area contributed by atoms with Gasteiger partial charge in [0.15, 0.2) is 5.78 Å². The summed E-state index contributed by atoms with van der Waals surface area (Å²) in [6.07, 6.45) is 7.63. The summed E-state index contributed by atoms with van der Waals surface area (Å²) in [5.74, 6) is 0.0288. The minimum atomic E-state index is -0.0189. The minimum absolute atomic E-state index is 0.0189. The third-order valence-electron chi connectivity index (χ3n) is 4.82. The molecular weight excluding hydrogens is 312 g/mol. The zero-order chi connectivity index (χ0) is 17.9. The van der Waals surface area contributed by atoms with Crippen molar-refractivity contribution in [3.05, 3.63) is 35.4 Å². The first-order valence-corrected chi connectivity index (χ1v) is 9.80. The summed E-state index contributed by atoms with van der Waals surface area (Å²) < 4.78 is 0. The third kappa shape index (κ3) is 7.39. The Hall–Kier alpha value is -1.68. The van der Waals surface area contributed by atoms with Crippen molar-refractivity contribution in [2.45, 2.75) is 58.3 Å². The van der Waals surface area contributed by atoms with Crippen molar-refractivity contribution < 1.29 is 9.59 Å². The molecule has 1 aliphatic heterocycles. The maximum atomic E-state index is 12.2. The van der Waals surface area contributed by atoms with Crippen molar-refractivity contribution in [1.82, 2.24) is 10.2 Å². The lowest BCUT2D eigenvalue weighted by Crippen LogP contribution is -2.33. The highest BCUT2D eigenvalue weighted by Crippen LogP contribution is 2.10. The molecular formula is C21H32N2O2. The van der Waals surface area contributed by atoms with Gasteiger partial charge in [-0.1, -0.05) is 44.0 Å². The van der Waals surface area contributed by atoms with E-state index in [0.717, 1.165) is 25.8 Å². The van der Waals surface area contributed by atoms with Crippen molar-refractivity contribution in [2.75, 3.05) is 26.2 Å². The predicted molar refractivity (Wildman–Crippen MR) is 102 cm³/mol. The molecule has 1 amide bonds. The van der Waals surface area contributed by atoms with Crippen LogP contribution in [-0.2, 0) is 11.2 Å². The summed E-state index contributed by atoms with van der Waals surface area (Å²) >= 11 is 0. The Morgan fingerprint density at radius 2 is 1.76 bits per heavy atom. The Bertz CT molecular complexity index is 533. The molecule has 0 saturated carbocycles. The summed E-state index contributed by atoms with van der Waals surface area (Å²) in [6, 6.07) is 7.78. The highest BCUT2D eigenvalue weighted by Gasteiger charge is 2.11. The number of piperidine rings is 1. The number of likely N-dealkylation sites (tertiary alicyclic amines) is 1. The molecule has 0 aliphatic carbocycles. The number of rotatable bonds is 10. The molecule has 1 N–H and O–H groups in total. The van der Waals surface area contributed by atoms with Crippen LogP contribution in [0.15, 0.2) is 24.3 Å². The highest BCUT2D eigenvalue weighted by atomic mass is 16.2. The largest absolute Gasteiger partial charge is 0.356 e. The highest BCUT2D eigenvalue weighted by molar-refractivity contribution is 5.97. The van der Waals surface area contributed by atoms with Crippen LogP contribution in [0, 0.1) is 0 Å². The van der Waals surface area contributed by atoms with Crippen molar-refractivity contribution in [1.29, 1.82) is 0 Å². The fourth-order valence-corrected chi connectivity index (χ4v) is 3.32. The number of hydrogen-bond donors (Lipinski definition) is 1. The van der Waals surface area contributed by atoms with E-state index in [2.05, 4.69) is 17.1 Å². The van der Waals surface area contributed by atoms with Crippen LogP contribution >= 0.6 is 0 Å². The number of benzene rings is 1. The molecule has 0 aromatic heterocycles. The van der Waals surface area contributed by atoms with E-state index in [1.165, 1.54) is 37.9 Å². The van der Waals surface area contributed by atoms with Crippen molar-refractivity contribution in [3.8, 4) is 0 Å². The molecule has 0 spiro atoms. The standard InChI is InChI=1S/C21H32N2O2/c1-2-7-18-8-10-19(11-9-18)20(24)12-13-21(25)22-14-6-17-23-15-4-3-5-16-23/h8-11H,2-7,12-17H2,1H3,(H,22,25). The molecule has 1 aromatic carbocycles. The first-order chi connectivity index (χ1) is 12.2. The summed E-state index contributed by atoms with van der Waals surface area (Å²) in [4.78, 5) is 26.5. The monoisotopic (exact) mass is 344 g/mol. The Balaban J connectivity index is 1.59. The number of Topliss-reactive ketones (excluding diaryl/α,β-unsaturated/α-hetero) is 1. The van der Waals surface area contributed by atoms with Crippen LogP contribution in [0.3, 0.4) is 0 Å². The van der Waals surface area contributed by atoms with Crippen LogP contribution in [0.2, 0.25) is 0 Å². The molecule has 1 heterocycles. The molecule has 1 aromatic rings. The van der Waals surface area contributed by atoms with Crippen LogP contribution in [0.4, 0.5) is 0 Å². The van der Waals surface area contributed by atoms with Crippen molar-refractivity contribution in [2.24, 2.45) is 0 Å². The van der Waals surface area contributed by atoms with Gasteiger partial charge in [-0.25, -0.2) is 0 Å². The molecule has 138 valence electrons. The average Bonchev–Trinajstić information content (AvgIpc) is 2.65. The van der Waals surface area contributed by atoms with E-state index in [0.29, 0.717) is 12.1 Å². The number of nitrogens with one attached hydrogen (secondary N) is 1. The lowest BCUT2D eigenvalue weighted by atomic mass is 10.0. The number of amides is 1. The van der Waals surface area contributed by atoms with Gasteiger partial charge in [0.2, 0.25) is 5.91 Å². The Labute approximate surface area is 152 Å². The molecule has 25 heavy (non-hydrogen) atoms. The van der Waals surface area contributed by atoms with Gasteiger partial charge < -0.3 is 10.2 Å². The lowest BCUT2D eigenvalue weighted by Gasteiger charge is -2.26. The van der Waals surface area contributed by atoms with Crippen molar-refractivity contribution >= 4 is 11.7 Å². The Kier molecular flexibility index (Phi) is 8.67. The van der Waals surface area contributed by atoms with Crippen LogP contribution in [0.5, 0.6) is 0 Å². The first kappa shape index (κ1) is 19.6. The van der Waals surface area contributed by atoms with Gasteiger partial charge in [0.1, 0.15) is 0 Å². The van der Waals surface area contributed by atoms with Gasteiger partial charge in [-0.3, -0.25) is 9.59 Å². The van der Waals surface area contributed by atoms with E-state index < -0.39 is 0 Å². The quantitative estimate of drug-likeness (QED) is 0.521. The van der Waals surface area contributed by atoms with E-state index >= 15 is 0 Å². The van der Waals surface area contributed by atoms with Crippen LogP contribution in [-0.4, -0.2) is 42.8 Å². The number of nitrogens with zero attached hydrogens (tertiary/aromatic N) is 1. The fourth-order valence-electron chi connectivity index (χ4n) is 3.32. The second-order valence-electron chi connectivity index (χ2n) is 6.98. The topological polar surface area (TPSA) is 49.4 Å². The Morgan fingerprint density at radius 1 is 1.04 bits per heavy atom. The van der Waals surface area contributed by atoms with Crippen LogP contribution in [0.1, 0.15) is 67.8 Å². The van der Waals surface area contributed by atoms with E-state index in [9.17, 15) is 9.59 Å². The summed E-state index contributed by atoms with van der Waals surface area (Å²) in [7, 11) is 0. The smallest absolute Gasteiger partial charge is 0.220 e. The first-order valence-electron chi connectivity index (χ1n) is 9.80. The second-order valence-corrected chi connectivity index (χ2v) is 6.98. The molecule has 0 bridgehead atoms. The summed E-state index contributed by atoms with van der Waals surface area (Å²) in [5.41, 5.74) is 1.96. The zero-order valence-corrected chi connectivity index (χ0v) is 15.6. The summed E-state index contributed by atoms with van der Waals surface area (Å²) in [6.45, 7) is 6.29. The molecule has 0 radical (unpaired) electrons. The van der Waals surface area contributed by atoms with Gasteiger partial charge in [-0.2, -0.15) is 0 Å². The summed E-state index contributed by atoms with van der Waals surface area (Å²) in [5, 5.41) is 2.94. The van der Waals surface area contributed by atoms with Crippen LogP contribution in [0.25, 0.3) is 0 Å². The number of carbonyl (C=O) groups is 2. The molecule has 0 unspecified atom stereocenters. The molecule has 1 saturated heterocycles. The number of carbonyl (C=O) groups excluding carboxylic acids is 2. The molecule has 4 heteroatoms. The van der Waals surface area contributed by atoms with Gasteiger partial charge >= 0.3 is 0 Å². The normalized spacial score (nSPS) is 15.1. The van der Waals surface area contributed by atoms with E-state index in [1.54, 1.807) is 0 Å². The third-order valence-corrected chi connectivity index (χ3v) is 4.82. The number of aryl methyl sites for hydroxylation is 1. The van der Waals surface area contributed by atoms with Gasteiger partial charge in [0.05, 0.1) is 0 Å². The maximum absolute atomic E-state index is 12.2. The zero-order valence-electron chi connectivity index (χ0n) is 15.6. The predicted octanol–water partition coefficient (Wildman–Crippen LogP) is 3.59. The number of ketones is 1. The maximum Gasteiger partial charge on any atom is 0.220 e. The number of hydrogen-bond acceptors (Lipinski definition) is 3. The molecule has 2 rings (SSSR count). The average molecular weight is 344 g/mol. The lowest BCUT2D eigenvalue weighted by molar-refractivity contribution is -0.121. The molecule has 0 atom stereocenters. The van der Waals surface area contributed by atoms with Gasteiger partial charge in [0, 0.05) is 24.9 Å². The molecule has 1 fully saturated rings. The van der Waals surface area contributed by atoms with E-state index in [1.807, 2.05) is 24.3 Å². The minimum Gasteiger partial charge on any atom is -0.356 e. The van der Waals surface area contributed by atoms with Gasteiger partial charge in [-0.15, -0.1) is 0 Å². The Morgan fingerprint density at radius 3 is 2.44 bits per heavy atom. The fraction of sp³-hybridized carbons (Fsp3) is 0.619. The SMILES string of the molecule is CCCc1ccc(C(=O)CCC(=O)NCCCN2CCCCC2)cc1. The van der Waals surface area contributed by atoms with E-state index in [-0.39, 0.29) is 24.5 Å². The second kappa shape index (κ2) is 11.0.